The average Bonchev–Trinajstić information content (AvgIpc) is 3.41. The van der Waals surface area contributed by atoms with Gasteiger partial charge in [0.2, 0.25) is 0 Å². The molecule has 1 aromatic rings. The Morgan fingerprint density at radius 2 is 2.12 bits per heavy atom. The van der Waals surface area contributed by atoms with Crippen molar-refractivity contribution in [2.24, 2.45) is 5.92 Å². The van der Waals surface area contributed by atoms with Crippen molar-refractivity contribution in [3.05, 3.63) is 35.1 Å². The minimum Gasteiger partial charge on any atom is -0.376 e. The molecule has 1 aliphatic heterocycles. The summed E-state index contributed by atoms with van der Waals surface area (Å²) in [6, 6.07) is 4.79. The number of hydrogen-bond acceptors (Lipinski definition) is 4. The molecule has 3 rings (SSSR count). The van der Waals surface area contributed by atoms with Crippen LogP contribution in [0.4, 0.5) is 4.39 Å². The van der Waals surface area contributed by atoms with Crippen LogP contribution in [0.25, 0.3) is 0 Å². The number of likely N-dealkylation sites (N-methyl/N-ethyl adjacent to an activating group) is 2. The summed E-state index contributed by atoms with van der Waals surface area (Å²) in [4.78, 5) is 17.0. The van der Waals surface area contributed by atoms with E-state index in [2.05, 4.69) is 29.2 Å². The summed E-state index contributed by atoms with van der Waals surface area (Å²) in [5, 5.41) is 2.98. The lowest BCUT2D eigenvalue weighted by Crippen LogP contribution is -2.54. The zero-order valence-corrected chi connectivity index (χ0v) is 15.1. The number of carbonyl (C=O) groups is 1. The van der Waals surface area contributed by atoms with Crippen LogP contribution in [0, 0.1) is 11.7 Å². The molecular weight excluding hydrogens is 321 g/mol. The Bertz CT molecular complexity index is 606. The van der Waals surface area contributed by atoms with Crippen LogP contribution in [0.5, 0.6) is 0 Å². The second-order valence-corrected chi connectivity index (χ2v) is 7.37. The third-order valence-electron chi connectivity index (χ3n) is 5.09. The molecule has 1 N–H and O–H groups in total. The van der Waals surface area contributed by atoms with Crippen LogP contribution in [-0.4, -0.2) is 68.6 Å². The normalized spacial score (nSPS) is 22.1. The summed E-state index contributed by atoms with van der Waals surface area (Å²) in [7, 11) is 4.17. The zero-order valence-electron chi connectivity index (χ0n) is 15.1. The third-order valence-corrected chi connectivity index (χ3v) is 5.09. The fraction of sp³-hybridized carbons (Fsp3) is 0.632. The van der Waals surface area contributed by atoms with Gasteiger partial charge in [-0.25, -0.2) is 4.39 Å². The van der Waals surface area contributed by atoms with E-state index in [1.807, 2.05) is 0 Å². The smallest absolute Gasteiger partial charge is 0.251 e. The zero-order chi connectivity index (χ0) is 17.8. The number of benzene rings is 1. The highest BCUT2D eigenvalue weighted by molar-refractivity contribution is 5.94. The number of nitrogens with zero attached hydrogens (tertiary/aromatic N) is 2. The fourth-order valence-corrected chi connectivity index (χ4v) is 3.08. The Hall–Kier alpha value is -1.50. The lowest BCUT2D eigenvalue weighted by molar-refractivity contribution is 0.0880. The number of halogens is 1. The van der Waals surface area contributed by atoms with E-state index in [0.29, 0.717) is 36.2 Å². The molecule has 1 aromatic carbocycles. The Labute approximate surface area is 149 Å². The fourth-order valence-electron chi connectivity index (χ4n) is 3.08. The van der Waals surface area contributed by atoms with E-state index in [1.54, 1.807) is 6.07 Å². The molecule has 0 spiro atoms. The SMILES string of the molecule is CN1CCN(C)[C@H](CNC(=O)c2ccc(F)c(COCC3CC3)c2)C1. The first kappa shape index (κ1) is 18.3. The summed E-state index contributed by atoms with van der Waals surface area (Å²) in [5.41, 5.74) is 0.932. The molecule has 1 saturated carbocycles. The van der Waals surface area contributed by atoms with Crippen molar-refractivity contribution in [3.8, 4) is 0 Å². The molecule has 1 heterocycles. The van der Waals surface area contributed by atoms with Crippen LogP contribution in [-0.2, 0) is 11.3 Å². The average molecular weight is 349 g/mol. The standard InChI is InChI=1S/C19H28FN3O2/c1-22-7-8-23(2)17(11-22)10-21-19(24)15-5-6-18(20)16(9-15)13-25-12-14-3-4-14/h5-6,9,14,17H,3-4,7-8,10-13H2,1-2H3,(H,21,24)/t17-/m1/s1. The van der Waals surface area contributed by atoms with Gasteiger partial charge in [-0.3, -0.25) is 9.69 Å². The van der Waals surface area contributed by atoms with Gasteiger partial charge >= 0.3 is 0 Å². The van der Waals surface area contributed by atoms with Crippen LogP contribution in [0.1, 0.15) is 28.8 Å². The van der Waals surface area contributed by atoms with Gasteiger partial charge in [0.15, 0.2) is 0 Å². The molecule has 0 unspecified atom stereocenters. The molecule has 138 valence electrons. The first-order valence-corrected chi connectivity index (χ1v) is 9.06. The van der Waals surface area contributed by atoms with Crippen LogP contribution >= 0.6 is 0 Å². The van der Waals surface area contributed by atoms with Crippen LogP contribution in [0.2, 0.25) is 0 Å². The second kappa shape index (κ2) is 8.25. The van der Waals surface area contributed by atoms with Crippen LogP contribution in [0.15, 0.2) is 18.2 Å². The quantitative estimate of drug-likeness (QED) is 0.814. The molecule has 0 bridgehead atoms. The van der Waals surface area contributed by atoms with E-state index in [4.69, 9.17) is 4.74 Å². The van der Waals surface area contributed by atoms with Crippen LogP contribution < -0.4 is 5.32 Å². The van der Waals surface area contributed by atoms with E-state index in [0.717, 1.165) is 19.6 Å². The van der Waals surface area contributed by atoms with Gasteiger partial charge in [-0.05, 0) is 51.1 Å². The summed E-state index contributed by atoms with van der Waals surface area (Å²) in [5.74, 6) is 0.159. The van der Waals surface area contributed by atoms with E-state index >= 15 is 0 Å². The molecule has 1 aliphatic carbocycles. The van der Waals surface area contributed by atoms with Gasteiger partial charge in [0.05, 0.1) is 6.61 Å². The number of ether oxygens (including phenoxy) is 1. The highest BCUT2D eigenvalue weighted by Gasteiger charge is 2.23. The Morgan fingerprint density at radius 3 is 2.88 bits per heavy atom. The predicted molar refractivity (Wildman–Crippen MR) is 95.0 cm³/mol. The molecule has 25 heavy (non-hydrogen) atoms. The maximum Gasteiger partial charge on any atom is 0.251 e. The molecule has 1 atom stereocenters. The molecular formula is C19H28FN3O2. The molecule has 5 nitrogen and oxygen atoms in total. The van der Waals surface area contributed by atoms with Gasteiger partial charge in [0.25, 0.3) is 5.91 Å². The van der Waals surface area contributed by atoms with Crippen molar-refractivity contribution in [2.45, 2.75) is 25.5 Å². The van der Waals surface area contributed by atoms with Crippen molar-refractivity contribution in [1.82, 2.24) is 15.1 Å². The number of nitrogens with one attached hydrogen (secondary N) is 1. The van der Waals surface area contributed by atoms with Gasteiger partial charge < -0.3 is 15.0 Å². The highest BCUT2D eigenvalue weighted by Crippen LogP contribution is 2.29. The molecule has 2 aliphatic rings. The number of rotatable bonds is 7. The number of carbonyl (C=O) groups excluding carboxylic acids is 1. The van der Waals surface area contributed by atoms with Crippen molar-refractivity contribution >= 4 is 5.91 Å². The molecule has 2 fully saturated rings. The predicted octanol–water partition coefficient (Wildman–Crippen LogP) is 1.73. The number of hydrogen-bond donors (Lipinski definition) is 1. The van der Waals surface area contributed by atoms with Crippen molar-refractivity contribution < 1.29 is 13.9 Å². The minimum atomic E-state index is -0.319. The minimum absolute atomic E-state index is 0.162. The molecule has 1 saturated heterocycles. The summed E-state index contributed by atoms with van der Waals surface area (Å²) in [6.45, 7) is 4.46. The Kier molecular flexibility index (Phi) is 6.04. The lowest BCUT2D eigenvalue weighted by Gasteiger charge is -2.37. The van der Waals surface area contributed by atoms with Gasteiger partial charge in [-0.2, -0.15) is 0 Å². The van der Waals surface area contributed by atoms with Crippen molar-refractivity contribution in [1.29, 1.82) is 0 Å². The largest absolute Gasteiger partial charge is 0.376 e. The van der Waals surface area contributed by atoms with Gasteiger partial charge in [-0.1, -0.05) is 0 Å². The maximum atomic E-state index is 13.9. The summed E-state index contributed by atoms with van der Waals surface area (Å²) < 4.78 is 19.5. The van der Waals surface area contributed by atoms with Crippen molar-refractivity contribution in [3.63, 3.8) is 0 Å². The van der Waals surface area contributed by atoms with E-state index in [1.165, 1.54) is 25.0 Å². The second-order valence-electron chi connectivity index (χ2n) is 7.37. The molecule has 0 aromatic heterocycles. The Balaban J connectivity index is 1.53. The van der Waals surface area contributed by atoms with Crippen LogP contribution in [0.3, 0.4) is 0 Å². The molecule has 6 heteroatoms. The first-order chi connectivity index (χ1) is 12.0. The van der Waals surface area contributed by atoms with E-state index < -0.39 is 0 Å². The summed E-state index contributed by atoms with van der Waals surface area (Å²) >= 11 is 0. The third kappa shape index (κ3) is 5.23. The lowest BCUT2D eigenvalue weighted by atomic mass is 10.1. The number of amides is 1. The van der Waals surface area contributed by atoms with Crippen molar-refractivity contribution in [2.75, 3.05) is 46.9 Å². The monoisotopic (exact) mass is 349 g/mol. The molecule has 0 radical (unpaired) electrons. The number of piperazine rings is 1. The van der Waals surface area contributed by atoms with Gasteiger partial charge in [0.1, 0.15) is 5.82 Å². The maximum absolute atomic E-state index is 13.9. The molecule has 1 amide bonds. The van der Waals surface area contributed by atoms with E-state index in [9.17, 15) is 9.18 Å². The Morgan fingerprint density at radius 1 is 1.32 bits per heavy atom. The first-order valence-electron chi connectivity index (χ1n) is 9.06. The van der Waals surface area contributed by atoms with Gasteiger partial charge in [-0.15, -0.1) is 0 Å². The van der Waals surface area contributed by atoms with Gasteiger partial charge in [0, 0.05) is 50.0 Å². The topological polar surface area (TPSA) is 44.8 Å². The van der Waals surface area contributed by atoms with E-state index in [-0.39, 0.29) is 18.3 Å². The highest BCUT2D eigenvalue weighted by atomic mass is 19.1. The summed E-state index contributed by atoms with van der Waals surface area (Å²) in [6.07, 6.45) is 2.41.